The van der Waals surface area contributed by atoms with Gasteiger partial charge in [-0.15, -0.1) is 0 Å². The average molecular weight is 268 g/mol. The Morgan fingerprint density at radius 2 is 2.22 bits per heavy atom. The molecule has 1 saturated carbocycles. The van der Waals surface area contributed by atoms with Crippen molar-refractivity contribution in [3.63, 3.8) is 0 Å². The number of nitrogens with one attached hydrogen (secondary N) is 1. The maximum absolute atomic E-state index is 6.07. The van der Waals surface area contributed by atoms with E-state index in [1.165, 1.54) is 25.7 Å². The first-order valence-corrected chi connectivity index (χ1v) is 7.25. The third kappa shape index (κ3) is 3.55. The average Bonchev–Trinajstić information content (AvgIpc) is 2.33. The van der Waals surface area contributed by atoms with Crippen molar-refractivity contribution in [1.29, 1.82) is 0 Å². The number of rotatable bonds is 4. The summed E-state index contributed by atoms with van der Waals surface area (Å²) in [5, 5.41) is 4.35. The molecule has 1 aliphatic carbocycles. The molecule has 0 radical (unpaired) electrons. The second-order valence-corrected chi connectivity index (χ2v) is 5.62. The molecule has 2 unspecified atom stereocenters. The summed E-state index contributed by atoms with van der Waals surface area (Å²) in [5.74, 6) is 1.71. The van der Waals surface area contributed by atoms with E-state index in [0.29, 0.717) is 12.6 Å². The lowest BCUT2D eigenvalue weighted by Crippen LogP contribution is -2.26. The molecule has 2 nitrogen and oxygen atoms in total. The fraction of sp³-hybridized carbons (Fsp3) is 0.600. The Bertz CT molecular complexity index is 394. The van der Waals surface area contributed by atoms with E-state index < -0.39 is 0 Å². The van der Waals surface area contributed by atoms with Crippen LogP contribution in [0.4, 0.5) is 5.69 Å². The van der Waals surface area contributed by atoms with E-state index in [1.807, 2.05) is 25.1 Å². The number of anilines is 1. The van der Waals surface area contributed by atoms with Gasteiger partial charge in [0.05, 0.1) is 12.3 Å². The van der Waals surface area contributed by atoms with E-state index >= 15 is 0 Å². The lowest BCUT2D eigenvalue weighted by molar-refractivity contribution is 0.337. The largest absolute Gasteiger partial charge is 0.492 e. The van der Waals surface area contributed by atoms with Crippen LogP contribution in [0, 0.1) is 5.92 Å². The molecule has 18 heavy (non-hydrogen) atoms. The van der Waals surface area contributed by atoms with Gasteiger partial charge in [-0.1, -0.05) is 31.4 Å². The van der Waals surface area contributed by atoms with Gasteiger partial charge in [-0.25, -0.2) is 0 Å². The van der Waals surface area contributed by atoms with Gasteiger partial charge >= 0.3 is 0 Å². The van der Waals surface area contributed by atoms with E-state index in [9.17, 15) is 0 Å². The third-order valence-electron chi connectivity index (χ3n) is 3.54. The molecule has 1 aromatic rings. The van der Waals surface area contributed by atoms with Crippen LogP contribution in [0.15, 0.2) is 18.2 Å². The summed E-state index contributed by atoms with van der Waals surface area (Å²) in [4.78, 5) is 0. The van der Waals surface area contributed by atoms with E-state index in [-0.39, 0.29) is 0 Å². The van der Waals surface area contributed by atoms with Crippen LogP contribution in [0.2, 0.25) is 5.02 Å². The highest BCUT2D eigenvalue weighted by Crippen LogP contribution is 2.32. The minimum atomic E-state index is 0.548. The molecule has 100 valence electrons. The van der Waals surface area contributed by atoms with E-state index in [4.69, 9.17) is 16.3 Å². The van der Waals surface area contributed by atoms with E-state index in [1.54, 1.807) is 0 Å². The van der Waals surface area contributed by atoms with Gasteiger partial charge in [0.1, 0.15) is 5.75 Å². The minimum Gasteiger partial charge on any atom is -0.492 e. The Morgan fingerprint density at radius 3 is 2.94 bits per heavy atom. The van der Waals surface area contributed by atoms with Gasteiger partial charge in [-0.3, -0.25) is 0 Å². The number of ether oxygens (including phenoxy) is 1. The molecule has 1 aromatic carbocycles. The van der Waals surface area contributed by atoms with Gasteiger partial charge in [0.15, 0.2) is 0 Å². The highest BCUT2D eigenvalue weighted by Gasteiger charge is 2.19. The monoisotopic (exact) mass is 267 g/mol. The van der Waals surface area contributed by atoms with Gasteiger partial charge in [-0.05, 0) is 43.9 Å². The summed E-state index contributed by atoms with van der Waals surface area (Å²) in [5.41, 5.74) is 1.03. The normalized spacial score (nSPS) is 23.7. The van der Waals surface area contributed by atoms with Crippen molar-refractivity contribution in [3.05, 3.63) is 23.2 Å². The highest BCUT2D eigenvalue weighted by molar-refractivity contribution is 6.30. The second-order valence-electron chi connectivity index (χ2n) is 5.19. The smallest absolute Gasteiger partial charge is 0.142 e. The predicted octanol–water partition coefficient (Wildman–Crippen LogP) is 4.73. The van der Waals surface area contributed by atoms with Gasteiger partial charge in [-0.2, -0.15) is 0 Å². The van der Waals surface area contributed by atoms with Gasteiger partial charge < -0.3 is 10.1 Å². The summed E-state index contributed by atoms with van der Waals surface area (Å²) < 4.78 is 5.64. The Balaban J connectivity index is 2.08. The molecule has 0 aromatic heterocycles. The molecule has 2 rings (SSSR count). The first kappa shape index (κ1) is 13.5. The van der Waals surface area contributed by atoms with E-state index in [0.717, 1.165) is 22.4 Å². The topological polar surface area (TPSA) is 21.3 Å². The van der Waals surface area contributed by atoms with Crippen LogP contribution >= 0.6 is 11.6 Å². The van der Waals surface area contributed by atoms with E-state index in [2.05, 4.69) is 12.2 Å². The first-order chi connectivity index (χ1) is 8.69. The van der Waals surface area contributed by atoms with Crippen LogP contribution < -0.4 is 10.1 Å². The van der Waals surface area contributed by atoms with Crippen LogP contribution in [0.5, 0.6) is 5.75 Å². The SMILES string of the molecule is CCOc1ccc(Cl)cc1NC1CCCC(C)C1. The van der Waals surface area contributed by atoms with Crippen molar-refractivity contribution in [2.24, 2.45) is 5.92 Å². The Morgan fingerprint density at radius 1 is 1.39 bits per heavy atom. The molecule has 2 atom stereocenters. The number of halogens is 1. The molecule has 1 fully saturated rings. The molecule has 1 N–H and O–H groups in total. The fourth-order valence-electron chi connectivity index (χ4n) is 2.68. The molecule has 0 spiro atoms. The van der Waals surface area contributed by atoms with Gasteiger partial charge in [0, 0.05) is 11.1 Å². The Kier molecular flexibility index (Phi) is 4.76. The van der Waals surface area contributed by atoms with Crippen LogP contribution in [-0.2, 0) is 0 Å². The summed E-state index contributed by atoms with van der Waals surface area (Å²) in [6.07, 6.45) is 5.13. The number of hydrogen-bond donors (Lipinski definition) is 1. The number of benzene rings is 1. The van der Waals surface area contributed by atoms with Crippen molar-refractivity contribution in [2.75, 3.05) is 11.9 Å². The van der Waals surface area contributed by atoms with Crippen molar-refractivity contribution in [1.82, 2.24) is 0 Å². The summed E-state index contributed by atoms with van der Waals surface area (Å²) >= 11 is 6.07. The van der Waals surface area contributed by atoms with Gasteiger partial charge in [0.25, 0.3) is 0 Å². The zero-order chi connectivity index (χ0) is 13.0. The quantitative estimate of drug-likeness (QED) is 0.852. The predicted molar refractivity (Wildman–Crippen MR) is 77.7 cm³/mol. The highest BCUT2D eigenvalue weighted by atomic mass is 35.5. The molecule has 0 aliphatic heterocycles. The maximum Gasteiger partial charge on any atom is 0.142 e. The van der Waals surface area contributed by atoms with Crippen LogP contribution in [0.1, 0.15) is 39.5 Å². The zero-order valence-electron chi connectivity index (χ0n) is 11.2. The summed E-state index contributed by atoms with van der Waals surface area (Å²) in [6.45, 7) is 5.01. The Labute approximate surface area is 115 Å². The standard InChI is InChI=1S/C15H22ClNO/c1-3-18-15-8-7-12(16)10-14(15)17-13-6-4-5-11(2)9-13/h7-8,10-11,13,17H,3-6,9H2,1-2H3. The van der Waals surface area contributed by atoms with Crippen molar-refractivity contribution in [3.8, 4) is 5.75 Å². The molecular formula is C15H22ClNO. The fourth-order valence-corrected chi connectivity index (χ4v) is 2.85. The maximum atomic E-state index is 6.07. The van der Waals surface area contributed by atoms with Crippen LogP contribution in [0.25, 0.3) is 0 Å². The minimum absolute atomic E-state index is 0.548. The molecule has 0 bridgehead atoms. The first-order valence-electron chi connectivity index (χ1n) is 6.88. The van der Waals surface area contributed by atoms with Crippen molar-refractivity contribution >= 4 is 17.3 Å². The Hall–Kier alpha value is -0.890. The molecular weight excluding hydrogens is 246 g/mol. The second kappa shape index (κ2) is 6.33. The van der Waals surface area contributed by atoms with Crippen LogP contribution in [-0.4, -0.2) is 12.6 Å². The molecule has 1 aliphatic rings. The molecule has 3 heteroatoms. The van der Waals surface area contributed by atoms with Gasteiger partial charge in [0.2, 0.25) is 0 Å². The van der Waals surface area contributed by atoms with Crippen LogP contribution in [0.3, 0.4) is 0 Å². The molecule has 0 saturated heterocycles. The molecule has 0 amide bonds. The lowest BCUT2D eigenvalue weighted by atomic mass is 9.87. The van der Waals surface area contributed by atoms with Crippen molar-refractivity contribution < 1.29 is 4.74 Å². The summed E-state index contributed by atoms with van der Waals surface area (Å²) in [6, 6.07) is 6.33. The van der Waals surface area contributed by atoms with Crippen molar-refractivity contribution in [2.45, 2.75) is 45.6 Å². The third-order valence-corrected chi connectivity index (χ3v) is 3.77. The summed E-state index contributed by atoms with van der Waals surface area (Å²) in [7, 11) is 0. The molecule has 0 heterocycles. The lowest BCUT2D eigenvalue weighted by Gasteiger charge is -2.29. The number of hydrogen-bond acceptors (Lipinski definition) is 2. The zero-order valence-corrected chi connectivity index (χ0v) is 12.0.